The maximum Gasteiger partial charge on any atom is 0.325 e. The highest BCUT2D eigenvalue weighted by atomic mass is 16.5. The average Bonchev–Trinajstić information content (AvgIpc) is 2.19. The Morgan fingerprint density at radius 3 is 3.00 bits per heavy atom. The zero-order chi connectivity index (χ0) is 10.4. The number of ether oxygens (including phenoxy) is 1. The van der Waals surface area contributed by atoms with Crippen LogP contribution < -0.4 is 4.90 Å². The van der Waals surface area contributed by atoms with Crippen molar-refractivity contribution in [3.05, 3.63) is 24.5 Å². The van der Waals surface area contributed by atoms with Crippen LogP contribution in [0.4, 0.5) is 5.69 Å². The summed E-state index contributed by atoms with van der Waals surface area (Å²) < 4.78 is 4.83. The molecule has 0 saturated carbocycles. The maximum atomic E-state index is 11.1. The Morgan fingerprint density at radius 1 is 1.64 bits per heavy atom. The van der Waals surface area contributed by atoms with Gasteiger partial charge in [0.2, 0.25) is 0 Å². The molecule has 0 aliphatic rings. The fourth-order valence-electron chi connectivity index (χ4n) is 1.07. The highest BCUT2D eigenvalue weighted by Crippen LogP contribution is 2.08. The van der Waals surface area contributed by atoms with Crippen LogP contribution in [-0.4, -0.2) is 31.2 Å². The fourth-order valence-corrected chi connectivity index (χ4v) is 1.07. The molecule has 0 unspecified atom stereocenters. The van der Waals surface area contributed by atoms with Crippen LogP contribution in [0, 0.1) is 0 Å². The molecule has 1 aromatic heterocycles. The normalized spacial score (nSPS) is 9.57. The number of anilines is 1. The number of carbonyl (C=O) groups is 1. The van der Waals surface area contributed by atoms with Gasteiger partial charge >= 0.3 is 5.97 Å². The van der Waals surface area contributed by atoms with Crippen molar-refractivity contribution in [2.45, 2.75) is 6.92 Å². The van der Waals surface area contributed by atoms with Gasteiger partial charge < -0.3 is 9.64 Å². The zero-order valence-corrected chi connectivity index (χ0v) is 8.43. The van der Waals surface area contributed by atoms with E-state index in [4.69, 9.17) is 4.74 Å². The van der Waals surface area contributed by atoms with Crippen molar-refractivity contribution in [1.29, 1.82) is 0 Å². The van der Waals surface area contributed by atoms with Gasteiger partial charge in [0.1, 0.15) is 6.54 Å². The molecular weight excluding hydrogens is 180 g/mol. The number of rotatable bonds is 4. The zero-order valence-electron chi connectivity index (χ0n) is 8.43. The maximum absolute atomic E-state index is 11.1. The molecule has 0 N–H and O–H groups in total. The Hall–Kier alpha value is -1.58. The van der Waals surface area contributed by atoms with E-state index in [9.17, 15) is 4.79 Å². The molecule has 14 heavy (non-hydrogen) atoms. The lowest BCUT2D eigenvalue weighted by atomic mass is 10.4. The molecular formula is C10H14N2O2. The largest absolute Gasteiger partial charge is 0.465 e. The molecule has 0 radical (unpaired) electrons. The molecule has 0 aliphatic heterocycles. The quantitative estimate of drug-likeness (QED) is 0.673. The van der Waals surface area contributed by atoms with Crippen LogP contribution in [0.2, 0.25) is 0 Å². The minimum absolute atomic E-state index is 0.223. The number of esters is 1. The Balaban J connectivity index is 2.50. The molecule has 4 heteroatoms. The lowest BCUT2D eigenvalue weighted by Gasteiger charge is -2.17. The van der Waals surface area contributed by atoms with Crippen molar-refractivity contribution in [3.63, 3.8) is 0 Å². The first-order valence-corrected chi connectivity index (χ1v) is 4.51. The molecule has 0 fully saturated rings. The van der Waals surface area contributed by atoms with Gasteiger partial charge in [-0.2, -0.15) is 0 Å². The van der Waals surface area contributed by atoms with Gasteiger partial charge in [-0.1, -0.05) is 0 Å². The first kappa shape index (κ1) is 10.5. The van der Waals surface area contributed by atoms with Gasteiger partial charge in [0.15, 0.2) is 0 Å². The lowest BCUT2D eigenvalue weighted by Crippen LogP contribution is -2.27. The van der Waals surface area contributed by atoms with E-state index in [1.54, 1.807) is 24.2 Å². The second-order valence-corrected chi connectivity index (χ2v) is 2.87. The van der Waals surface area contributed by atoms with Gasteiger partial charge in [0.05, 0.1) is 18.5 Å². The van der Waals surface area contributed by atoms with E-state index in [-0.39, 0.29) is 12.5 Å². The van der Waals surface area contributed by atoms with E-state index in [1.807, 2.05) is 19.2 Å². The van der Waals surface area contributed by atoms with Crippen LogP contribution >= 0.6 is 0 Å². The number of likely N-dealkylation sites (N-methyl/N-ethyl adjacent to an activating group) is 1. The molecule has 76 valence electrons. The van der Waals surface area contributed by atoms with Crippen LogP contribution in [-0.2, 0) is 9.53 Å². The van der Waals surface area contributed by atoms with Gasteiger partial charge in [-0.05, 0) is 19.1 Å². The number of hydrogen-bond acceptors (Lipinski definition) is 4. The fraction of sp³-hybridized carbons (Fsp3) is 0.400. The Morgan fingerprint density at radius 2 is 2.43 bits per heavy atom. The van der Waals surface area contributed by atoms with E-state index in [1.165, 1.54) is 0 Å². The molecule has 0 amide bonds. The van der Waals surface area contributed by atoms with Crippen molar-refractivity contribution < 1.29 is 9.53 Å². The van der Waals surface area contributed by atoms with Crippen LogP contribution in [0.15, 0.2) is 24.5 Å². The number of aromatic nitrogens is 1. The lowest BCUT2D eigenvalue weighted by molar-refractivity contribution is -0.141. The molecule has 1 heterocycles. The van der Waals surface area contributed by atoms with Gasteiger partial charge in [-0.3, -0.25) is 9.78 Å². The molecule has 4 nitrogen and oxygen atoms in total. The summed E-state index contributed by atoms with van der Waals surface area (Å²) in [5.74, 6) is -0.223. The van der Waals surface area contributed by atoms with Crippen LogP contribution in [0.3, 0.4) is 0 Å². The summed E-state index contributed by atoms with van der Waals surface area (Å²) in [6, 6.07) is 3.73. The summed E-state index contributed by atoms with van der Waals surface area (Å²) in [5.41, 5.74) is 0.903. The van der Waals surface area contributed by atoms with E-state index < -0.39 is 0 Å². The van der Waals surface area contributed by atoms with Gasteiger partial charge in [0.25, 0.3) is 0 Å². The highest BCUT2D eigenvalue weighted by molar-refractivity contribution is 5.75. The van der Waals surface area contributed by atoms with Gasteiger partial charge in [-0.15, -0.1) is 0 Å². The van der Waals surface area contributed by atoms with Crippen LogP contribution in [0.5, 0.6) is 0 Å². The third-order valence-electron chi connectivity index (χ3n) is 1.76. The van der Waals surface area contributed by atoms with Crippen molar-refractivity contribution in [1.82, 2.24) is 4.98 Å². The standard InChI is InChI=1S/C10H14N2O2/c1-3-14-10(13)8-12(2)9-5-4-6-11-7-9/h4-7H,3,8H2,1-2H3. The minimum atomic E-state index is -0.223. The highest BCUT2D eigenvalue weighted by Gasteiger charge is 2.07. The number of carbonyl (C=O) groups excluding carboxylic acids is 1. The predicted octanol–water partition coefficient (Wildman–Crippen LogP) is 1.08. The molecule has 0 atom stereocenters. The smallest absolute Gasteiger partial charge is 0.325 e. The first-order valence-electron chi connectivity index (χ1n) is 4.51. The monoisotopic (exact) mass is 194 g/mol. The number of nitrogens with zero attached hydrogens (tertiary/aromatic N) is 2. The summed E-state index contributed by atoms with van der Waals surface area (Å²) in [6.07, 6.45) is 3.40. The topological polar surface area (TPSA) is 42.4 Å². The molecule has 1 aromatic rings. The first-order chi connectivity index (χ1) is 6.74. The van der Waals surface area contributed by atoms with E-state index >= 15 is 0 Å². The second kappa shape index (κ2) is 5.21. The van der Waals surface area contributed by atoms with Crippen LogP contribution in [0.1, 0.15) is 6.92 Å². The van der Waals surface area contributed by atoms with E-state index in [2.05, 4.69) is 4.98 Å². The minimum Gasteiger partial charge on any atom is -0.465 e. The van der Waals surface area contributed by atoms with E-state index in [0.29, 0.717) is 6.61 Å². The van der Waals surface area contributed by atoms with Crippen molar-refractivity contribution in [2.75, 3.05) is 25.1 Å². The summed E-state index contributed by atoms with van der Waals surface area (Å²) >= 11 is 0. The summed E-state index contributed by atoms with van der Waals surface area (Å²) in [4.78, 5) is 16.9. The SMILES string of the molecule is CCOC(=O)CN(C)c1cccnc1. The molecule has 0 aromatic carbocycles. The third kappa shape index (κ3) is 3.05. The molecule has 0 bridgehead atoms. The summed E-state index contributed by atoms with van der Waals surface area (Å²) in [7, 11) is 1.83. The average molecular weight is 194 g/mol. The van der Waals surface area contributed by atoms with Crippen LogP contribution in [0.25, 0.3) is 0 Å². The van der Waals surface area contributed by atoms with Crippen molar-refractivity contribution in [3.8, 4) is 0 Å². The molecule has 0 spiro atoms. The second-order valence-electron chi connectivity index (χ2n) is 2.87. The van der Waals surface area contributed by atoms with Gasteiger partial charge in [0, 0.05) is 13.2 Å². The van der Waals surface area contributed by atoms with Gasteiger partial charge in [-0.25, -0.2) is 0 Å². The predicted molar refractivity (Wildman–Crippen MR) is 54.1 cm³/mol. The summed E-state index contributed by atoms with van der Waals surface area (Å²) in [5, 5.41) is 0. The number of hydrogen-bond donors (Lipinski definition) is 0. The third-order valence-corrected chi connectivity index (χ3v) is 1.76. The Kier molecular flexibility index (Phi) is 3.91. The van der Waals surface area contributed by atoms with E-state index in [0.717, 1.165) is 5.69 Å². The van der Waals surface area contributed by atoms with Crippen molar-refractivity contribution >= 4 is 11.7 Å². The Bertz CT molecular complexity index is 287. The molecule has 0 aliphatic carbocycles. The number of pyridine rings is 1. The summed E-state index contributed by atoms with van der Waals surface area (Å²) in [6.45, 7) is 2.46. The molecule has 1 rings (SSSR count). The molecule has 0 saturated heterocycles. The Labute approximate surface area is 83.5 Å². The van der Waals surface area contributed by atoms with Crippen molar-refractivity contribution in [2.24, 2.45) is 0 Å².